The Morgan fingerprint density at radius 2 is 2.03 bits per heavy atom. The average molecular weight is 493 g/mol. The van der Waals surface area contributed by atoms with Gasteiger partial charge in [-0.2, -0.15) is 0 Å². The lowest BCUT2D eigenvalue weighted by Gasteiger charge is -2.34. The SMILES string of the molecule is CC(C)(C)OC(=O)C[C@H](CN[C@@H]1CCCN(CCCc2ccc3c(n2)NCCC3)C1)c1ccccc1. The molecule has 36 heavy (non-hydrogen) atoms. The first-order valence-electron chi connectivity index (χ1n) is 13.8. The number of nitrogens with one attached hydrogen (secondary N) is 2. The van der Waals surface area contributed by atoms with Crippen molar-refractivity contribution in [3.05, 3.63) is 59.3 Å². The van der Waals surface area contributed by atoms with E-state index in [1.54, 1.807) is 0 Å². The van der Waals surface area contributed by atoms with Crippen LogP contribution in [0, 0.1) is 0 Å². The maximum absolute atomic E-state index is 12.6. The maximum atomic E-state index is 12.6. The molecule has 1 saturated heterocycles. The fourth-order valence-corrected chi connectivity index (χ4v) is 5.34. The molecule has 0 radical (unpaired) electrons. The first-order valence-corrected chi connectivity index (χ1v) is 13.8. The molecule has 0 unspecified atom stereocenters. The highest BCUT2D eigenvalue weighted by Gasteiger charge is 2.24. The average Bonchev–Trinajstić information content (AvgIpc) is 2.86. The van der Waals surface area contributed by atoms with E-state index in [9.17, 15) is 4.79 Å². The van der Waals surface area contributed by atoms with Crippen molar-refractivity contribution in [2.24, 2.45) is 0 Å². The normalized spacial score (nSPS) is 19.2. The van der Waals surface area contributed by atoms with E-state index in [4.69, 9.17) is 9.72 Å². The topological polar surface area (TPSA) is 66.5 Å². The van der Waals surface area contributed by atoms with Gasteiger partial charge in [-0.1, -0.05) is 36.4 Å². The Hall–Kier alpha value is -2.44. The molecule has 2 aliphatic rings. The van der Waals surface area contributed by atoms with Gasteiger partial charge in [0.05, 0.1) is 6.42 Å². The Bertz CT molecular complexity index is 973. The monoisotopic (exact) mass is 492 g/mol. The van der Waals surface area contributed by atoms with Gasteiger partial charge in [0.1, 0.15) is 11.4 Å². The zero-order valence-corrected chi connectivity index (χ0v) is 22.4. The van der Waals surface area contributed by atoms with Crippen LogP contribution in [0.15, 0.2) is 42.5 Å². The molecular formula is C30H44N4O2. The number of piperidine rings is 1. The van der Waals surface area contributed by atoms with Gasteiger partial charge in [0.2, 0.25) is 0 Å². The molecule has 1 aromatic carbocycles. The van der Waals surface area contributed by atoms with Gasteiger partial charge in [-0.3, -0.25) is 4.79 Å². The number of anilines is 1. The lowest BCUT2D eigenvalue weighted by molar-refractivity contribution is -0.155. The van der Waals surface area contributed by atoms with Gasteiger partial charge >= 0.3 is 5.97 Å². The van der Waals surface area contributed by atoms with Crippen LogP contribution in [0.3, 0.4) is 0 Å². The van der Waals surface area contributed by atoms with Crippen molar-refractivity contribution in [3.63, 3.8) is 0 Å². The molecule has 0 bridgehead atoms. The molecule has 0 spiro atoms. The van der Waals surface area contributed by atoms with Gasteiger partial charge in [-0.15, -0.1) is 0 Å². The van der Waals surface area contributed by atoms with Crippen LogP contribution in [0.4, 0.5) is 5.82 Å². The summed E-state index contributed by atoms with van der Waals surface area (Å²) in [5.74, 6) is 1.08. The number of hydrogen-bond donors (Lipinski definition) is 2. The number of likely N-dealkylation sites (tertiary alicyclic amines) is 1. The number of pyridine rings is 1. The summed E-state index contributed by atoms with van der Waals surface area (Å²) >= 11 is 0. The third-order valence-electron chi connectivity index (χ3n) is 7.12. The van der Waals surface area contributed by atoms with E-state index in [0.717, 1.165) is 57.8 Å². The van der Waals surface area contributed by atoms with Crippen LogP contribution in [0.1, 0.15) is 75.6 Å². The van der Waals surface area contributed by atoms with E-state index in [2.05, 4.69) is 39.8 Å². The van der Waals surface area contributed by atoms with E-state index in [0.29, 0.717) is 12.5 Å². The number of esters is 1. The minimum atomic E-state index is -0.458. The number of carbonyl (C=O) groups excluding carboxylic acids is 1. The molecule has 3 heterocycles. The Morgan fingerprint density at radius 1 is 1.19 bits per heavy atom. The van der Waals surface area contributed by atoms with Crippen molar-refractivity contribution in [3.8, 4) is 0 Å². The van der Waals surface area contributed by atoms with Crippen molar-refractivity contribution in [1.82, 2.24) is 15.2 Å². The second-order valence-electron chi connectivity index (χ2n) is 11.4. The lowest BCUT2D eigenvalue weighted by Crippen LogP contribution is -2.47. The fourth-order valence-electron chi connectivity index (χ4n) is 5.34. The van der Waals surface area contributed by atoms with Crippen molar-refractivity contribution in [2.45, 2.75) is 83.3 Å². The Kier molecular flexibility index (Phi) is 9.38. The molecule has 0 saturated carbocycles. The summed E-state index contributed by atoms with van der Waals surface area (Å²) in [5.41, 5.74) is 3.29. The smallest absolute Gasteiger partial charge is 0.306 e. The first kappa shape index (κ1) is 26.6. The Morgan fingerprint density at radius 3 is 2.83 bits per heavy atom. The highest BCUT2D eigenvalue weighted by Crippen LogP contribution is 2.23. The van der Waals surface area contributed by atoms with Gasteiger partial charge < -0.3 is 20.3 Å². The number of rotatable bonds is 10. The van der Waals surface area contributed by atoms with Crippen molar-refractivity contribution in [2.75, 3.05) is 38.0 Å². The van der Waals surface area contributed by atoms with E-state index in [1.807, 2.05) is 39.0 Å². The van der Waals surface area contributed by atoms with Gasteiger partial charge in [0.25, 0.3) is 0 Å². The highest BCUT2D eigenvalue weighted by molar-refractivity contribution is 5.71. The summed E-state index contributed by atoms with van der Waals surface area (Å²) in [6, 6.07) is 15.3. The van der Waals surface area contributed by atoms with E-state index < -0.39 is 5.60 Å². The quantitative estimate of drug-likeness (QED) is 0.458. The number of benzene rings is 1. The van der Waals surface area contributed by atoms with Crippen LogP contribution >= 0.6 is 0 Å². The molecule has 0 aliphatic carbocycles. The van der Waals surface area contributed by atoms with Gasteiger partial charge in [0.15, 0.2) is 0 Å². The van der Waals surface area contributed by atoms with Crippen LogP contribution in [0.25, 0.3) is 0 Å². The predicted molar refractivity (Wildman–Crippen MR) is 146 cm³/mol. The van der Waals surface area contributed by atoms with Gasteiger partial charge in [0, 0.05) is 37.3 Å². The minimum Gasteiger partial charge on any atom is -0.460 e. The Balaban J connectivity index is 1.25. The van der Waals surface area contributed by atoms with Crippen LogP contribution in [-0.2, 0) is 22.4 Å². The second-order valence-corrected chi connectivity index (χ2v) is 11.4. The summed E-state index contributed by atoms with van der Waals surface area (Å²) in [7, 11) is 0. The molecule has 2 atom stereocenters. The van der Waals surface area contributed by atoms with Crippen LogP contribution in [0.5, 0.6) is 0 Å². The number of ether oxygens (including phenoxy) is 1. The van der Waals surface area contributed by atoms with Crippen LogP contribution in [-0.4, -0.2) is 60.2 Å². The summed E-state index contributed by atoms with van der Waals surface area (Å²) < 4.78 is 5.63. The molecule has 2 N–H and O–H groups in total. The van der Waals surface area contributed by atoms with Crippen molar-refractivity contribution >= 4 is 11.8 Å². The van der Waals surface area contributed by atoms with E-state index >= 15 is 0 Å². The third kappa shape index (κ3) is 8.31. The maximum Gasteiger partial charge on any atom is 0.306 e. The number of aryl methyl sites for hydroxylation is 2. The molecule has 6 nitrogen and oxygen atoms in total. The summed E-state index contributed by atoms with van der Waals surface area (Å²) in [5, 5.41) is 7.24. The zero-order chi connectivity index (χ0) is 25.4. The molecule has 6 heteroatoms. The third-order valence-corrected chi connectivity index (χ3v) is 7.12. The van der Waals surface area contributed by atoms with Crippen molar-refractivity contribution in [1.29, 1.82) is 0 Å². The van der Waals surface area contributed by atoms with E-state index in [-0.39, 0.29) is 11.9 Å². The van der Waals surface area contributed by atoms with Crippen LogP contribution in [0.2, 0.25) is 0 Å². The number of nitrogens with zero attached hydrogens (tertiary/aromatic N) is 2. The highest BCUT2D eigenvalue weighted by atomic mass is 16.6. The first-order chi connectivity index (χ1) is 17.4. The van der Waals surface area contributed by atoms with Crippen molar-refractivity contribution < 1.29 is 9.53 Å². The number of hydrogen-bond acceptors (Lipinski definition) is 6. The Labute approximate surface area is 217 Å². The van der Waals surface area contributed by atoms with E-state index in [1.165, 1.54) is 36.1 Å². The minimum absolute atomic E-state index is 0.111. The number of carbonyl (C=O) groups is 1. The molecule has 196 valence electrons. The lowest BCUT2D eigenvalue weighted by atomic mass is 9.94. The zero-order valence-electron chi connectivity index (χ0n) is 22.4. The van der Waals surface area contributed by atoms with Gasteiger partial charge in [-0.25, -0.2) is 4.98 Å². The fraction of sp³-hybridized carbons (Fsp3) is 0.600. The molecule has 2 aromatic rings. The number of fused-ring (bicyclic) bond motifs is 1. The predicted octanol–water partition coefficient (Wildman–Crippen LogP) is 4.94. The van der Waals surface area contributed by atoms with Crippen LogP contribution < -0.4 is 10.6 Å². The molecule has 1 aromatic heterocycles. The molecule has 2 aliphatic heterocycles. The standard InChI is InChI=1S/C30H44N4O2/c1-30(2,3)36-28(35)20-25(23-10-5-4-6-11-23)21-32-27-14-9-19-34(22-27)18-8-13-26-16-15-24-12-7-17-31-29(24)33-26/h4-6,10-11,15-16,25,27,32H,7-9,12-14,17-22H2,1-3H3,(H,31,33)/t25-,27-/m1/s1. The summed E-state index contributed by atoms with van der Waals surface area (Å²) in [6.07, 6.45) is 7.28. The largest absolute Gasteiger partial charge is 0.460 e. The molecule has 0 amide bonds. The summed E-state index contributed by atoms with van der Waals surface area (Å²) in [4.78, 5) is 20.0. The number of aromatic nitrogens is 1. The summed E-state index contributed by atoms with van der Waals surface area (Å²) in [6.45, 7) is 10.9. The molecule has 1 fully saturated rings. The second kappa shape index (κ2) is 12.7. The molecule has 4 rings (SSSR count). The molecular weight excluding hydrogens is 448 g/mol. The van der Waals surface area contributed by atoms with Gasteiger partial charge in [-0.05, 0) is 89.6 Å².